The predicted molar refractivity (Wildman–Crippen MR) is 103 cm³/mol. The topological polar surface area (TPSA) is 47.6 Å². The third-order valence-corrected chi connectivity index (χ3v) is 3.98. The largest absolute Gasteiger partial charge is 0.496 e. The minimum Gasteiger partial charge on any atom is -0.496 e. The van der Waals surface area contributed by atoms with Gasteiger partial charge in [-0.15, -0.1) is 0 Å². The lowest BCUT2D eigenvalue weighted by Crippen LogP contribution is -2.11. The molecule has 0 fully saturated rings. The first-order valence-electron chi connectivity index (χ1n) is 8.38. The van der Waals surface area contributed by atoms with E-state index in [-0.39, 0.29) is 5.91 Å². The van der Waals surface area contributed by atoms with Crippen molar-refractivity contribution in [1.29, 1.82) is 0 Å². The fraction of sp³-hybridized carbons (Fsp3) is 0.136. The van der Waals surface area contributed by atoms with E-state index in [2.05, 4.69) is 5.32 Å². The Morgan fingerprint density at radius 3 is 2.38 bits per heavy atom. The van der Waals surface area contributed by atoms with Gasteiger partial charge >= 0.3 is 0 Å². The molecule has 132 valence electrons. The van der Waals surface area contributed by atoms with E-state index in [4.69, 9.17) is 9.47 Å². The summed E-state index contributed by atoms with van der Waals surface area (Å²) in [6, 6.07) is 22.4. The number of hydrogen-bond acceptors (Lipinski definition) is 3. The van der Waals surface area contributed by atoms with E-state index >= 15 is 0 Å². The summed E-state index contributed by atoms with van der Waals surface area (Å²) >= 11 is 0. The van der Waals surface area contributed by atoms with Gasteiger partial charge in [-0.3, -0.25) is 4.79 Å². The summed E-state index contributed by atoms with van der Waals surface area (Å²) < 4.78 is 11.2. The number of benzene rings is 3. The van der Waals surface area contributed by atoms with Crippen molar-refractivity contribution in [2.45, 2.75) is 13.5 Å². The van der Waals surface area contributed by atoms with Crippen molar-refractivity contribution >= 4 is 11.6 Å². The molecule has 0 aromatic heterocycles. The van der Waals surface area contributed by atoms with Gasteiger partial charge in [-0.05, 0) is 55.5 Å². The van der Waals surface area contributed by atoms with Crippen LogP contribution in [0.25, 0.3) is 0 Å². The van der Waals surface area contributed by atoms with Crippen molar-refractivity contribution in [3.05, 3.63) is 89.5 Å². The van der Waals surface area contributed by atoms with E-state index in [0.29, 0.717) is 12.2 Å². The normalized spacial score (nSPS) is 10.2. The third-order valence-electron chi connectivity index (χ3n) is 3.98. The second-order valence-electron chi connectivity index (χ2n) is 5.95. The molecule has 0 saturated carbocycles. The number of hydrogen-bond donors (Lipinski definition) is 1. The highest BCUT2D eigenvalue weighted by Crippen LogP contribution is 2.23. The van der Waals surface area contributed by atoms with Gasteiger partial charge in [-0.25, -0.2) is 0 Å². The number of ether oxygens (including phenoxy) is 2. The van der Waals surface area contributed by atoms with Gasteiger partial charge in [0.25, 0.3) is 5.91 Å². The number of carbonyl (C=O) groups excluding carboxylic acids is 1. The van der Waals surface area contributed by atoms with Crippen molar-refractivity contribution in [3.8, 4) is 11.5 Å². The van der Waals surface area contributed by atoms with E-state index in [9.17, 15) is 4.79 Å². The number of nitrogens with one attached hydrogen (secondary N) is 1. The molecule has 26 heavy (non-hydrogen) atoms. The van der Waals surface area contributed by atoms with Crippen molar-refractivity contribution in [2.75, 3.05) is 12.4 Å². The Morgan fingerprint density at radius 1 is 0.962 bits per heavy atom. The molecule has 4 nitrogen and oxygen atoms in total. The van der Waals surface area contributed by atoms with Gasteiger partial charge in [0.15, 0.2) is 0 Å². The van der Waals surface area contributed by atoms with Crippen LogP contribution in [0.1, 0.15) is 21.5 Å². The molecule has 0 saturated heterocycles. The van der Waals surface area contributed by atoms with Crippen LogP contribution in [-0.2, 0) is 6.61 Å². The Kier molecular flexibility index (Phi) is 5.54. The predicted octanol–water partition coefficient (Wildman–Crippen LogP) is 4.83. The summed E-state index contributed by atoms with van der Waals surface area (Å²) in [4.78, 5) is 12.2. The highest BCUT2D eigenvalue weighted by molar-refractivity contribution is 6.04. The lowest BCUT2D eigenvalue weighted by Gasteiger charge is -2.12. The summed E-state index contributed by atoms with van der Waals surface area (Å²) in [5.41, 5.74) is 3.50. The lowest BCUT2D eigenvalue weighted by molar-refractivity contribution is 0.102. The van der Waals surface area contributed by atoms with Crippen LogP contribution in [0.5, 0.6) is 11.5 Å². The molecule has 1 N–H and O–H groups in total. The van der Waals surface area contributed by atoms with Crippen molar-refractivity contribution in [1.82, 2.24) is 0 Å². The number of aryl methyl sites for hydroxylation is 1. The lowest BCUT2D eigenvalue weighted by atomic mass is 10.1. The molecule has 0 radical (unpaired) electrons. The molecule has 0 atom stereocenters. The Hall–Kier alpha value is -3.27. The number of methoxy groups -OCH3 is 1. The number of anilines is 1. The molecule has 0 aliphatic heterocycles. The van der Waals surface area contributed by atoms with Crippen LogP contribution in [0.3, 0.4) is 0 Å². The van der Waals surface area contributed by atoms with Gasteiger partial charge in [0.05, 0.1) is 7.11 Å². The van der Waals surface area contributed by atoms with Crippen molar-refractivity contribution < 1.29 is 14.3 Å². The molecule has 0 heterocycles. The maximum Gasteiger partial charge on any atom is 0.255 e. The van der Waals surface area contributed by atoms with E-state index in [0.717, 1.165) is 28.3 Å². The fourth-order valence-corrected chi connectivity index (χ4v) is 2.61. The van der Waals surface area contributed by atoms with E-state index in [1.165, 1.54) is 0 Å². The molecule has 0 spiro atoms. The fourth-order valence-electron chi connectivity index (χ4n) is 2.61. The number of carbonyl (C=O) groups is 1. The van der Waals surface area contributed by atoms with Crippen LogP contribution in [0, 0.1) is 6.92 Å². The number of rotatable bonds is 6. The summed E-state index contributed by atoms with van der Waals surface area (Å²) in [6.07, 6.45) is 0. The van der Waals surface area contributed by atoms with Gasteiger partial charge in [-0.2, -0.15) is 0 Å². The van der Waals surface area contributed by atoms with Crippen LogP contribution in [-0.4, -0.2) is 13.0 Å². The summed E-state index contributed by atoms with van der Waals surface area (Å²) in [5, 5.41) is 2.87. The zero-order valence-electron chi connectivity index (χ0n) is 14.9. The molecule has 0 unspecified atom stereocenters. The maximum absolute atomic E-state index is 12.2. The summed E-state index contributed by atoms with van der Waals surface area (Å²) in [7, 11) is 1.65. The molecule has 0 aliphatic carbocycles. The molecule has 3 aromatic rings. The van der Waals surface area contributed by atoms with Gasteiger partial charge < -0.3 is 14.8 Å². The van der Waals surface area contributed by atoms with Crippen LogP contribution in [0.2, 0.25) is 0 Å². The Balaban J connectivity index is 1.61. The highest BCUT2D eigenvalue weighted by atomic mass is 16.5. The molecule has 0 bridgehead atoms. The molecule has 3 aromatic carbocycles. The van der Waals surface area contributed by atoms with Gasteiger partial charge in [-0.1, -0.05) is 29.8 Å². The molecular weight excluding hydrogens is 326 g/mol. The molecule has 1 amide bonds. The minimum absolute atomic E-state index is 0.135. The monoisotopic (exact) mass is 347 g/mol. The summed E-state index contributed by atoms with van der Waals surface area (Å²) in [6.45, 7) is 2.45. The van der Waals surface area contributed by atoms with Gasteiger partial charge in [0, 0.05) is 16.8 Å². The van der Waals surface area contributed by atoms with Gasteiger partial charge in [0.1, 0.15) is 18.1 Å². The van der Waals surface area contributed by atoms with Crippen molar-refractivity contribution in [2.24, 2.45) is 0 Å². The van der Waals surface area contributed by atoms with E-state index < -0.39 is 0 Å². The van der Waals surface area contributed by atoms with Crippen LogP contribution in [0.15, 0.2) is 72.8 Å². The van der Waals surface area contributed by atoms with E-state index in [1.54, 1.807) is 19.2 Å². The second kappa shape index (κ2) is 8.21. The first kappa shape index (κ1) is 17.5. The first-order valence-corrected chi connectivity index (χ1v) is 8.38. The number of amides is 1. The molecule has 4 heteroatoms. The second-order valence-corrected chi connectivity index (χ2v) is 5.95. The SMILES string of the molecule is COc1ccc(C)cc1COc1ccc(NC(=O)c2ccccc2)cc1. The third kappa shape index (κ3) is 4.42. The smallest absolute Gasteiger partial charge is 0.255 e. The van der Waals surface area contributed by atoms with Crippen LogP contribution < -0.4 is 14.8 Å². The highest BCUT2D eigenvalue weighted by Gasteiger charge is 2.07. The average molecular weight is 347 g/mol. The Morgan fingerprint density at radius 2 is 1.69 bits per heavy atom. The van der Waals surface area contributed by atoms with Gasteiger partial charge in [0.2, 0.25) is 0 Å². The van der Waals surface area contributed by atoms with Crippen LogP contribution >= 0.6 is 0 Å². The van der Waals surface area contributed by atoms with E-state index in [1.807, 2.05) is 67.6 Å². The molecular formula is C22H21NO3. The Bertz CT molecular complexity index is 874. The minimum atomic E-state index is -0.135. The van der Waals surface area contributed by atoms with Crippen molar-refractivity contribution in [3.63, 3.8) is 0 Å². The first-order chi connectivity index (χ1) is 12.7. The zero-order valence-corrected chi connectivity index (χ0v) is 14.9. The maximum atomic E-state index is 12.2. The zero-order chi connectivity index (χ0) is 18.4. The Labute approximate surface area is 153 Å². The molecule has 3 rings (SSSR count). The van der Waals surface area contributed by atoms with Crippen LogP contribution in [0.4, 0.5) is 5.69 Å². The molecule has 0 aliphatic rings. The quantitative estimate of drug-likeness (QED) is 0.694. The average Bonchev–Trinajstić information content (AvgIpc) is 2.68. The summed E-state index contributed by atoms with van der Waals surface area (Å²) in [5.74, 6) is 1.40. The standard InChI is InChI=1S/C22H21NO3/c1-16-8-13-21(25-2)18(14-16)15-26-20-11-9-19(10-12-20)23-22(24)17-6-4-3-5-7-17/h3-14H,15H2,1-2H3,(H,23,24).